The molecule has 0 unspecified atom stereocenters. The fraction of sp³-hybridized carbons (Fsp3) is 0.500. The number of nitrogens with zero attached hydrogens (tertiary/aromatic N) is 2. The summed E-state index contributed by atoms with van der Waals surface area (Å²) in [4.78, 5) is 2.36. The summed E-state index contributed by atoms with van der Waals surface area (Å²) in [7, 11) is -3.45. The smallest absolute Gasteiger partial charge is 0.243 e. The molecular formula is C18H27N3O2S2. The van der Waals surface area contributed by atoms with Gasteiger partial charge in [0.1, 0.15) is 0 Å². The van der Waals surface area contributed by atoms with Gasteiger partial charge in [0.25, 0.3) is 0 Å². The molecule has 0 bridgehead atoms. The Labute approximate surface area is 156 Å². The second-order valence-electron chi connectivity index (χ2n) is 6.73. The van der Waals surface area contributed by atoms with Crippen LogP contribution in [0.15, 0.2) is 41.3 Å². The van der Waals surface area contributed by atoms with E-state index in [0.29, 0.717) is 48.6 Å². The van der Waals surface area contributed by atoms with Gasteiger partial charge in [0.05, 0.1) is 4.90 Å². The maximum Gasteiger partial charge on any atom is 0.243 e. The van der Waals surface area contributed by atoms with Crippen molar-refractivity contribution in [2.45, 2.75) is 31.6 Å². The fourth-order valence-corrected chi connectivity index (χ4v) is 4.32. The molecule has 0 amide bonds. The summed E-state index contributed by atoms with van der Waals surface area (Å²) >= 11 is 5.36. The Hall–Kier alpha value is -1.44. The Balaban J connectivity index is 1.99. The summed E-state index contributed by atoms with van der Waals surface area (Å²) in [5.41, 5.74) is 2.14. The molecule has 0 saturated carbocycles. The van der Waals surface area contributed by atoms with Gasteiger partial charge in [-0.1, -0.05) is 38.1 Å². The second kappa shape index (κ2) is 8.29. The van der Waals surface area contributed by atoms with E-state index in [1.165, 1.54) is 4.31 Å². The lowest BCUT2D eigenvalue weighted by molar-refractivity contribution is 0.264. The maximum absolute atomic E-state index is 12.8. The Kier molecular flexibility index (Phi) is 6.59. The zero-order valence-corrected chi connectivity index (χ0v) is 16.8. The van der Waals surface area contributed by atoms with Gasteiger partial charge in [0.15, 0.2) is 5.11 Å². The highest BCUT2D eigenvalue weighted by Gasteiger charge is 2.29. The van der Waals surface area contributed by atoms with Gasteiger partial charge in [-0.3, -0.25) is 0 Å². The van der Waals surface area contributed by atoms with Crippen molar-refractivity contribution in [2.75, 3.05) is 32.7 Å². The molecule has 1 fully saturated rings. The second-order valence-corrected chi connectivity index (χ2v) is 9.06. The monoisotopic (exact) mass is 381 g/mol. The summed E-state index contributed by atoms with van der Waals surface area (Å²) in [5, 5.41) is 3.80. The van der Waals surface area contributed by atoms with Gasteiger partial charge < -0.3 is 10.2 Å². The van der Waals surface area contributed by atoms with Crippen LogP contribution < -0.4 is 5.32 Å². The summed E-state index contributed by atoms with van der Waals surface area (Å²) in [5.74, 6) is 0.382. The predicted octanol–water partition coefficient (Wildman–Crippen LogP) is 2.57. The number of thiocarbonyl (C=S) groups is 1. The van der Waals surface area contributed by atoms with Crippen LogP contribution in [-0.4, -0.2) is 55.5 Å². The van der Waals surface area contributed by atoms with Crippen LogP contribution in [0.4, 0.5) is 0 Å². The molecule has 1 saturated heterocycles. The quantitative estimate of drug-likeness (QED) is 0.628. The van der Waals surface area contributed by atoms with Crippen LogP contribution in [0.2, 0.25) is 0 Å². The first-order chi connectivity index (χ1) is 11.7. The highest BCUT2D eigenvalue weighted by atomic mass is 32.2. The van der Waals surface area contributed by atoms with E-state index in [2.05, 4.69) is 25.7 Å². The third kappa shape index (κ3) is 5.03. The molecule has 1 N–H and O–H groups in total. The molecule has 2 rings (SSSR count). The van der Waals surface area contributed by atoms with E-state index in [-0.39, 0.29) is 0 Å². The molecule has 0 aromatic heterocycles. The van der Waals surface area contributed by atoms with Gasteiger partial charge in [-0.2, -0.15) is 4.31 Å². The molecule has 1 aromatic rings. The molecule has 0 aliphatic carbocycles. The number of hydrogen-bond acceptors (Lipinski definition) is 3. The van der Waals surface area contributed by atoms with Crippen LogP contribution in [0.25, 0.3) is 0 Å². The van der Waals surface area contributed by atoms with Crippen molar-refractivity contribution in [1.82, 2.24) is 14.5 Å². The lowest BCUT2D eigenvalue weighted by Crippen LogP contribution is -2.53. The largest absolute Gasteiger partial charge is 0.359 e. The van der Waals surface area contributed by atoms with Gasteiger partial charge in [-0.25, -0.2) is 8.42 Å². The summed E-state index contributed by atoms with van der Waals surface area (Å²) in [6.45, 7) is 12.6. The number of hydrogen-bond donors (Lipinski definition) is 1. The fourth-order valence-electron chi connectivity index (χ4n) is 2.64. The lowest BCUT2D eigenvalue weighted by Gasteiger charge is -2.35. The van der Waals surface area contributed by atoms with Crippen LogP contribution >= 0.6 is 12.2 Å². The maximum atomic E-state index is 12.8. The highest BCUT2D eigenvalue weighted by Crippen LogP contribution is 2.21. The minimum Gasteiger partial charge on any atom is -0.359 e. The topological polar surface area (TPSA) is 52.6 Å². The summed E-state index contributed by atoms with van der Waals surface area (Å²) in [6.07, 6.45) is 0. The van der Waals surface area contributed by atoms with Crippen LogP contribution in [-0.2, 0) is 10.0 Å². The number of piperazine rings is 1. The van der Waals surface area contributed by atoms with E-state index in [4.69, 9.17) is 12.2 Å². The average molecular weight is 382 g/mol. The molecule has 25 heavy (non-hydrogen) atoms. The van der Waals surface area contributed by atoms with Crippen LogP contribution in [0, 0.1) is 0 Å². The van der Waals surface area contributed by atoms with Crippen LogP contribution in [0.1, 0.15) is 32.3 Å². The Bertz CT molecular complexity index is 719. The lowest BCUT2D eigenvalue weighted by atomic mass is 10.0. The number of sulfonamides is 1. The molecule has 1 aliphatic rings. The molecule has 5 nitrogen and oxygen atoms in total. The third-order valence-corrected chi connectivity index (χ3v) is 6.57. The Morgan fingerprint density at radius 3 is 2.24 bits per heavy atom. The first kappa shape index (κ1) is 19.9. The van der Waals surface area contributed by atoms with Crippen LogP contribution in [0.5, 0.6) is 0 Å². The zero-order valence-electron chi connectivity index (χ0n) is 15.2. The Morgan fingerprint density at radius 2 is 1.76 bits per heavy atom. The van der Waals surface area contributed by atoms with Crippen molar-refractivity contribution in [2.24, 2.45) is 0 Å². The van der Waals surface area contributed by atoms with E-state index in [1.54, 1.807) is 12.1 Å². The summed E-state index contributed by atoms with van der Waals surface area (Å²) < 4.78 is 27.2. The van der Waals surface area contributed by atoms with E-state index < -0.39 is 10.0 Å². The van der Waals surface area contributed by atoms with Crippen molar-refractivity contribution in [3.05, 3.63) is 42.0 Å². The zero-order chi connectivity index (χ0) is 18.6. The first-order valence-electron chi connectivity index (χ1n) is 8.49. The third-order valence-electron chi connectivity index (χ3n) is 4.25. The van der Waals surface area contributed by atoms with Crippen molar-refractivity contribution in [1.29, 1.82) is 0 Å². The van der Waals surface area contributed by atoms with Crippen molar-refractivity contribution < 1.29 is 8.42 Å². The summed E-state index contributed by atoms with van der Waals surface area (Å²) in [6, 6.07) is 7.20. The molecular weight excluding hydrogens is 354 g/mol. The molecule has 1 aromatic carbocycles. The van der Waals surface area contributed by atoms with Gasteiger partial charge in [-0.05, 0) is 42.8 Å². The predicted molar refractivity (Wildman–Crippen MR) is 106 cm³/mol. The van der Waals surface area contributed by atoms with E-state index in [9.17, 15) is 8.42 Å². The molecule has 138 valence electrons. The molecule has 1 heterocycles. The number of benzene rings is 1. The molecule has 0 atom stereocenters. The standard InChI is InChI=1S/C18H27N3O2S2/c1-14(2)13-19-18(24)20-9-11-21(12-10-20)25(22,23)17-7-5-16(6-8-17)15(3)4/h5-8,15H,1,9-13H2,2-4H3,(H,19,24). The molecule has 7 heteroatoms. The molecule has 1 aliphatic heterocycles. The van der Waals surface area contributed by atoms with Crippen molar-refractivity contribution in [3.8, 4) is 0 Å². The van der Waals surface area contributed by atoms with Crippen LogP contribution in [0.3, 0.4) is 0 Å². The van der Waals surface area contributed by atoms with Gasteiger partial charge in [0, 0.05) is 32.7 Å². The first-order valence-corrected chi connectivity index (χ1v) is 10.3. The van der Waals surface area contributed by atoms with E-state index >= 15 is 0 Å². The van der Waals surface area contributed by atoms with E-state index in [1.807, 2.05) is 24.0 Å². The van der Waals surface area contributed by atoms with Crippen molar-refractivity contribution >= 4 is 27.4 Å². The SMILES string of the molecule is C=C(C)CNC(=S)N1CCN(S(=O)(=O)c2ccc(C(C)C)cc2)CC1. The van der Waals surface area contributed by atoms with Gasteiger partial charge in [-0.15, -0.1) is 0 Å². The highest BCUT2D eigenvalue weighted by molar-refractivity contribution is 7.89. The Morgan fingerprint density at radius 1 is 1.20 bits per heavy atom. The number of rotatable bonds is 5. The average Bonchev–Trinajstić information content (AvgIpc) is 2.59. The molecule has 0 spiro atoms. The number of nitrogens with one attached hydrogen (secondary N) is 1. The van der Waals surface area contributed by atoms with Gasteiger partial charge in [0.2, 0.25) is 10.0 Å². The van der Waals surface area contributed by atoms with E-state index in [0.717, 1.165) is 11.1 Å². The normalized spacial score (nSPS) is 16.1. The molecule has 0 radical (unpaired) electrons. The minimum absolute atomic E-state index is 0.355. The van der Waals surface area contributed by atoms with Gasteiger partial charge >= 0.3 is 0 Å². The minimum atomic E-state index is -3.45. The van der Waals surface area contributed by atoms with Crippen molar-refractivity contribution in [3.63, 3.8) is 0 Å².